The van der Waals surface area contributed by atoms with Crippen LogP contribution < -0.4 is 0 Å². The molecule has 1 nitrogen and oxygen atoms in total. The van der Waals surface area contributed by atoms with E-state index in [9.17, 15) is 4.79 Å². The quantitative estimate of drug-likeness (QED) is 0.539. The molecule has 1 aliphatic rings. The molecule has 0 N–H and O–H groups in total. The fourth-order valence-corrected chi connectivity index (χ4v) is 1.76. The van der Waals surface area contributed by atoms with Crippen LogP contribution in [0.1, 0.15) is 32.6 Å². The van der Waals surface area contributed by atoms with Crippen molar-refractivity contribution in [2.45, 2.75) is 38.0 Å². The molecule has 0 saturated heterocycles. The van der Waals surface area contributed by atoms with Crippen molar-refractivity contribution in [1.82, 2.24) is 0 Å². The molecule has 58 valence electrons. The Labute approximate surface area is 66.8 Å². The molecule has 2 heteroatoms. The van der Waals surface area contributed by atoms with Gasteiger partial charge in [-0.05, 0) is 19.8 Å². The van der Waals surface area contributed by atoms with Gasteiger partial charge in [0.2, 0.25) is 0 Å². The molecule has 1 aliphatic carbocycles. The number of carbonyl (C=O) groups is 1. The summed E-state index contributed by atoms with van der Waals surface area (Å²) >= 11 is 5.83. The third-order valence-electron chi connectivity index (χ3n) is 2.16. The van der Waals surface area contributed by atoms with E-state index in [1.165, 1.54) is 6.42 Å². The van der Waals surface area contributed by atoms with Crippen molar-refractivity contribution in [3.63, 3.8) is 0 Å². The maximum atomic E-state index is 11.2. The minimum absolute atomic E-state index is 0.0350. The smallest absolute Gasteiger partial charge is 0.137 e. The number of alkyl halides is 1. The van der Waals surface area contributed by atoms with Crippen LogP contribution in [0.5, 0.6) is 0 Å². The van der Waals surface area contributed by atoms with Gasteiger partial charge in [-0.15, -0.1) is 11.6 Å². The predicted octanol–water partition coefficient (Wildman–Crippen LogP) is 2.37. The average Bonchev–Trinajstić information content (AvgIpc) is 1.88. The summed E-state index contributed by atoms with van der Waals surface area (Å²) in [4.78, 5) is 11.2. The van der Waals surface area contributed by atoms with Gasteiger partial charge >= 0.3 is 0 Å². The lowest BCUT2D eigenvalue weighted by molar-refractivity contribution is -0.124. The molecule has 0 radical (unpaired) electrons. The molecule has 1 rings (SSSR count). The molecule has 0 aromatic rings. The highest BCUT2D eigenvalue weighted by Crippen LogP contribution is 2.25. The molecule has 0 aromatic heterocycles. The second kappa shape index (κ2) is 3.38. The van der Waals surface area contributed by atoms with Crippen molar-refractivity contribution in [2.24, 2.45) is 5.92 Å². The maximum absolute atomic E-state index is 11.2. The SMILES string of the molecule is CC(Cl)C1CCCCC1=O. The van der Waals surface area contributed by atoms with Crippen LogP contribution in [0.3, 0.4) is 0 Å². The Morgan fingerprint density at radius 3 is 2.70 bits per heavy atom. The predicted molar refractivity (Wildman–Crippen MR) is 42.3 cm³/mol. The van der Waals surface area contributed by atoms with Crippen molar-refractivity contribution in [2.75, 3.05) is 0 Å². The largest absolute Gasteiger partial charge is 0.299 e. The van der Waals surface area contributed by atoms with Crippen molar-refractivity contribution in [3.05, 3.63) is 0 Å². The van der Waals surface area contributed by atoms with Crippen LogP contribution in [0.15, 0.2) is 0 Å². The third-order valence-corrected chi connectivity index (χ3v) is 2.46. The topological polar surface area (TPSA) is 17.1 Å². The number of carbonyl (C=O) groups excluding carboxylic acids is 1. The molecule has 0 bridgehead atoms. The average molecular weight is 161 g/mol. The fourth-order valence-electron chi connectivity index (χ4n) is 1.50. The highest BCUT2D eigenvalue weighted by atomic mass is 35.5. The first-order valence-corrected chi connectivity index (χ1v) is 4.32. The normalized spacial score (nSPS) is 30.2. The summed E-state index contributed by atoms with van der Waals surface area (Å²) in [7, 11) is 0. The number of hydrogen-bond donors (Lipinski definition) is 0. The molecule has 1 fully saturated rings. The van der Waals surface area contributed by atoms with E-state index < -0.39 is 0 Å². The van der Waals surface area contributed by atoms with Gasteiger partial charge in [-0.2, -0.15) is 0 Å². The molecule has 0 aliphatic heterocycles. The summed E-state index contributed by atoms with van der Waals surface area (Å²) in [5.41, 5.74) is 0. The Morgan fingerprint density at radius 2 is 2.30 bits per heavy atom. The van der Waals surface area contributed by atoms with Crippen LogP contribution in [-0.2, 0) is 4.79 Å². The summed E-state index contributed by atoms with van der Waals surface area (Å²) in [5.74, 6) is 0.518. The van der Waals surface area contributed by atoms with E-state index in [0.29, 0.717) is 5.78 Å². The number of rotatable bonds is 1. The minimum atomic E-state index is 0.0350. The molecular weight excluding hydrogens is 148 g/mol. The van der Waals surface area contributed by atoms with Gasteiger partial charge in [-0.1, -0.05) is 6.42 Å². The summed E-state index contributed by atoms with van der Waals surface area (Å²) in [6, 6.07) is 0. The summed E-state index contributed by atoms with van der Waals surface area (Å²) in [5, 5.41) is 0.0350. The zero-order chi connectivity index (χ0) is 7.56. The van der Waals surface area contributed by atoms with Crippen LogP contribution in [0.25, 0.3) is 0 Å². The zero-order valence-electron chi connectivity index (χ0n) is 6.27. The summed E-state index contributed by atoms with van der Waals surface area (Å²) in [6.07, 6.45) is 4.00. The van der Waals surface area contributed by atoms with Gasteiger partial charge in [0.1, 0.15) is 5.78 Å². The van der Waals surface area contributed by atoms with E-state index in [1.54, 1.807) is 0 Å². The van der Waals surface area contributed by atoms with Crippen LogP contribution in [-0.4, -0.2) is 11.2 Å². The minimum Gasteiger partial charge on any atom is -0.299 e. The second-order valence-electron chi connectivity index (χ2n) is 3.00. The van der Waals surface area contributed by atoms with Crippen molar-refractivity contribution in [3.8, 4) is 0 Å². The Bertz CT molecular complexity index is 131. The van der Waals surface area contributed by atoms with Gasteiger partial charge in [0, 0.05) is 17.7 Å². The van der Waals surface area contributed by atoms with Gasteiger partial charge in [-0.3, -0.25) is 4.79 Å². The van der Waals surface area contributed by atoms with Gasteiger partial charge in [0.15, 0.2) is 0 Å². The molecule has 1 saturated carbocycles. The van der Waals surface area contributed by atoms with E-state index in [1.807, 2.05) is 6.92 Å². The lowest BCUT2D eigenvalue weighted by Gasteiger charge is -2.21. The first-order chi connectivity index (χ1) is 4.72. The number of Topliss-reactive ketones (excluding diaryl/α,β-unsaturated/α-hetero) is 1. The van der Waals surface area contributed by atoms with Crippen LogP contribution in [0, 0.1) is 5.92 Å². The highest BCUT2D eigenvalue weighted by Gasteiger charge is 2.25. The van der Waals surface area contributed by atoms with Crippen LogP contribution in [0.4, 0.5) is 0 Å². The molecule has 2 unspecified atom stereocenters. The van der Waals surface area contributed by atoms with E-state index in [-0.39, 0.29) is 11.3 Å². The molecular formula is C8H13ClO. The molecule has 0 amide bonds. The Hall–Kier alpha value is -0.0400. The number of halogens is 1. The number of ketones is 1. The molecule has 0 spiro atoms. The first-order valence-electron chi connectivity index (χ1n) is 3.88. The third kappa shape index (κ3) is 1.72. The lowest BCUT2D eigenvalue weighted by atomic mass is 9.86. The highest BCUT2D eigenvalue weighted by molar-refractivity contribution is 6.22. The molecule has 2 atom stereocenters. The van der Waals surface area contributed by atoms with Crippen LogP contribution in [0.2, 0.25) is 0 Å². The van der Waals surface area contributed by atoms with Gasteiger partial charge in [0.05, 0.1) is 0 Å². The number of hydrogen-bond acceptors (Lipinski definition) is 1. The van der Waals surface area contributed by atoms with E-state index in [2.05, 4.69) is 0 Å². The van der Waals surface area contributed by atoms with Crippen LogP contribution >= 0.6 is 11.6 Å². The fraction of sp³-hybridized carbons (Fsp3) is 0.875. The van der Waals surface area contributed by atoms with E-state index in [0.717, 1.165) is 19.3 Å². The molecule has 0 aromatic carbocycles. The van der Waals surface area contributed by atoms with Crippen molar-refractivity contribution in [1.29, 1.82) is 0 Å². The van der Waals surface area contributed by atoms with Gasteiger partial charge in [0.25, 0.3) is 0 Å². The van der Waals surface area contributed by atoms with E-state index >= 15 is 0 Å². The Morgan fingerprint density at radius 1 is 1.60 bits per heavy atom. The summed E-state index contributed by atoms with van der Waals surface area (Å²) in [6.45, 7) is 1.91. The summed E-state index contributed by atoms with van der Waals surface area (Å²) < 4.78 is 0. The van der Waals surface area contributed by atoms with Crippen molar-refractivity contribution < 1.29 is 4.79 Å². The lowest BCUT2D eigenvalue weighted by Crippen LogP contribution is -2.25. The maximum Gasteiger partial charge on any atom is 0.137 e. The molecule has 10 heavy (non-hydrogen) atoms. The van der Waals surface area contributed by atoms with E-state index in [4.69, 9.17) is 11.6 Å². The zero-order valence-corrected chi connectivity index (χ0v) is 7.03. The standard InChI is InChI=1S/C8H13ClO/c1-6(9)7-4-2-3-5-8(7)10/h6-7H,2-5H2,1H3. The van der Waals surface area contributed by atoms with Crippen molar-refractivity contribution >= 4 is 17.4 Å². The molecule has 0 heterocycles. The second-order valence-corrected chi connectivity index (χ2v) is 3.68. The first kappa shape index (κ1) is 8.06. The Kier molecular flexibility index (Phi) is 2.72. The van der Waals surface area contributed by atoms with Gasteiger partial charge in [-0.25, -0.2) is 0 Å². The monoisotopic (exact) mass is 160 g/mol. The Balaban J connectivity index is 2.48. The van der Waals surface area contributed by atoms with Gasteiger partial charge < -0.3 is 0 Å².